The Kier molecular flexibility index (Phi) is 4.41. The third-order valence-electron chi connectivity index (χ3n) is 5.14. The number of hydrogen-bond acceptors (Lipinski definition) is 4. The number of fused-ring (bicyclic) bond motifs is 2. The van der Waals surface area contributed by atoms with Gasteiger partial charge in [-0.2, -0.15) is 0 Å². The number of allylic oxidation sites excluding steroid dienone is 1. The largest absolute Gasteiger partial charge is 0.457 e. The van der Waals surface area contributed by atoms with Crippen molar-refractivity contribution < 1.29 is 14.3 Å². The third kappa shape index (κ3) is 3.26. The number of carbonyl (C=O) groups is 2. The van der Waals surface area contributed by atoms with E-state index in [0.717, 1.165) is 33.8 Å². The molecule has 0 bridgehead atoms. The van der Waals surface area contributed by atoms with Crippen molar-refractivity contribution >= 4 is 34.9 Å². The van der Waals surface area contributed by atoms with Crippen molar-refractivity contribution in [1.29, 1.82) is 0 Å². The van der Waals surface area contributed by atoms with Gasteiger partial charge in [0.05, 0.1) is 16.8 Å². The third-order valence-corrected chi connectivity index (χ3v) is 5.14. The summed E-state index contributed by atoms with van der Waals surface area (Å²) in [5.74, 6) is -0.462. The first kappa shape index (κ1) is 17.9. The van der Waals surface area contributed by atoms with Crippen molar-refractivity contribution in [3.05, 3.63) is 107 Å². The molecule has 0 unspecified atom stereocenters. The molecule has 0 saturated heterocycles. The van der Waals surface area contributed by atoms with E-state index in [1.807, 2.05) is 60.7 Å². The van der Waals surface area contributed by atoms with Gasteiger partial charge in [-0.25, -0.2) is 4.79 Å². The number of benzene rings is 3. The van der Waals surface area contributed by atoms with Crippen molar-refractivity contribution in [2.24, 2.45) is 0 Å². The van der Waals surface area contributed by atoms with E-state index in [1.54, 1.807) is 24.3 Å². The lowest BCUT2D eigenvalue weighted by Gasteiger charge is -2.18. The summed E-state index contributed by atoms with van der Waals surface area (Å²) in [5.41, 5.74) is 6.40. The van der Waals surface area contributed by atoms with Gasteiger partial charge in [-0.1, -0.05) is 48.5 Å². The Hall–Kier alpha value is -4.12. The average molecular weight is 394 g/mol. The van der Waals surface area contributed by atoms with Crippen LogP contribution in [-0.2, 0) is 16.1 Å². The molecular formula is C25H18N2O3. The molecule has 5 heteroatoms. The zero-order chi connectivity index (χ0) is 20.5. The number of rotatable bonds is 3. The van der Waals surface area contributed by atoms with Gasteiger partial charge < -0.3 is 15.4 Å². The molecule has 2 aliphatic rings. The Morgan fingerprint density at radius 1 is 0.833 bits per heavy atom. The number of esters is 1. The van der Waals surface area contributed by atoms with Gasteiger partial charge in [0.2, 0.25) is 0 Å². The highest BCUT2D eigenvalue weighted by molar-refractivity contribution is 6.33. The maximum atomic E-state index is 12.5. The van der Waals surface area contributed by atoms with Gasteiger partial charge in [0.15, 0.2) is 0 Å². The molecule has 3 aromatic rings. The number of anilines is 2. The quantitative estimate of drug-likeness (QED) is 0.492. The summed E-state index contributed by atoms with van der Waals surface area (Å²) in [6, 6.07) is 22.4. The van der Waals surface area contributed by atoms with Crippen LogP contribution in [0.25, 0.3) is 11.6 Å². The summed E-state index contributed by atoms with van der Waals surface area (Å²) >= 11 is 0. The van der Waals surface area contributed by atoms with Gasteiger partial charge in [-0.15, -0.1) is 0 Å². The molecule has 2 N–H and O–H groups in total. The molecule has 2 heterocycles. The zero-order valence-electron chi connectivity index (χ0n) is 16.0. The standard InChI is InChI=1S/C25H18N2O3/c28-24-23(19-8-4-5-9-21(19)27-24)22-13-11-18-14-16(10-12-20(18)26-22)15-30-25(29)17-6-2-1-3-7-17/h1-14,26H,15H2,(H,27,28)/b23-22-. The lowest BCUT2D eigenvalue weighted by molar-refractivity contribution is -0.110. The van der Waals surface area contributed by atoms with E-state index in [1.165, 1.54) is 0 Å². The van der Waals surface area contributed by atoms with Crippen LogP contribution in [0.3, 0.4) is 0 Å². The average Bonchev–Trinajstić information content (AvgIpc) is 3.13. The van der Waals surface area contributed by atoms with Crippen molar-refractivity contribution in [3.63, 3.8) is 0 Å². The van der Waals surface area contributed by atoms with Crippen molar-refractivity contribution in [3.8, 4) is 0 Å². The van der Waals surface area contributed by atoms with Gasteiger partial charge in [-0.05, 0) is 47.5 Å². The van der Waals surface area contributed by atoms with E-state index in [9.17, 15) is 9.59 Å². The molecule has 0 radical (unpaired) electrons. The molecule has 5 rings (SSSR count). The van der Waals surface area contributed by atoms with Crippen LogP contribution in [-0.4, -0.2) is 11.9 Å². The predicted octanol–water partition coefficient (Wildman–Crippen LogP) is 4.85. The molecule has 0 fully saturated rings. The first-order chi connectivity index (χ1) is 14.7. The van der Waals surface area contributed by atoms with E-state index < -0.39 is 0 Å². The highest BCUT2D eigenvalue weighted by Gasteiger charge is 2.27. The monoisotopic (exact) mass is 394 g/mol. The molecular weight excluding hydrogens is 376 g/mol. The molecule has 3 aromatic carbocycles. The van der Waals surface area contributed by atoms with Gasteiger partial charge in [0, 0.05) is 16.9 Å². The van der Waals surface area contributed by atoms with E-state index in [2.05, 4.69) is 10.6 Å². The molecule has 146 valence electrons. The number of carbonyl (C=O) groups excluding carboxylic acids is 2. The van der Waals surface area contributed by atoms with Crippen molar-refractivity contribution in [2.75, 3.05) is 10.6 Å². The van der Waals surface area contributed by atoms with E-state index in [4.69, 9.17) is 4.74 Å². The maximum absolute atomic E-state index is 12.5. The minimum atomic E-state index is -0.347. The predicted molar refractivity (Wildman–Crippen MR) is 117 cm³/mol. The van der Waals surface area contributed by atoms with Crippen LogP contribution in [0, 0.1) is 0 Å². The van der Waals surface area contributed by atoms with E-state index in [-0.39, 0.29) is 18.5 Å². The van der Waals surface area contributed by atoms with Crippen molar-refractivity contribution in [1.82, 2.24) is 0 Å². The number of amides is 1. The number of hydrogen-bond donors (Lipinski definition) is 2. The second-order valence-electron chi connectivity index (χ2n) is 7.11. The first-order valence-corrected chi connectivity index (χ1v) is 9.64. The second kappa shape index (κ2) is 7.37. The van der Waals surface area contributed by atoms with E-state index in [0.29, 0.717) is 11.1 Å². The normalized spacial score (nSPS) is 16.3. The van der Waals surface area contributed by atoms with Crippen LogP contribution in [0.2, 0.25) is 0 Å². The molecule has 0 atom stereocenters. The van der Waals surface area contributed by atoms with Crippen LogP contribution < -0.4 is 10.6 Å². The Balaban J connectivity index is 1.36. The lowest BCUT2D eigenvalue weighted by Crippen LogP contribution is -2.12. The molecule has 0 aromatic heterocycles. The van der Waals surface area contributed by atoms with Gasteiger partial charge >= 0.3 is 5.97 Å². The van der Waals surface area contributed by atoms with Crippen LogP contribution in [0.1, 0.15) is 27.0 Å². The topological polar surface area (TPSA) is 67.4 Å². The highest BCUT2D eigenvalue weighted by Crippen LogP contribution is 2.36. The van der Waals surface area contributed by atoms with Crippen LogP contribution >= 0.6 is 0 Å². The molecule has 30 heavy (non-hydrogen) atoms. The summed E-state index contributed by atoms with van der Waals surface area (Å²) < 4.78 is 5.42. The summed E-state index contributed by atoms with van der Waals surface area (Å²) in [6.45, 7) is 0.193. The summed E-state index contributed by atoms with van der Waals surface area (Å²) in [5, 5.41) is 6.25. The minimum absolute atomic E-state index is 0.115. The van der Waals surface area contributed by atoms with Crippen LogP contribution in [0.15, 0.2) is 84.6 Å². The molecule has 2 aliphatic heterocycles. The van der Waals surface area contributed by atoms with E-state index >= 15 is 0 Å². The molecule has 0 spiro atoms. The molecule has 1 amide bonds. The Morgan fingerprint density at radius 3 is 2.50 bits per heavy atom. The zero-order valence-corrected chi connectivity index (χ0v) is 16.0. The van der Waals surface area contributed by atoms with Gasteiger partial charge in [-0.3, -0.25) is 4.79 Å². The maximum Gasteiger partial charge on any atom is 0.338 e. The SMILES string of the molecule is O=C1Nc2ccccc2/C1=C1\C=Cc2cc(COC(=O)c3ccccc3)ccc2N1. The van der Waals surface area contributed by atoms with Crippen molar-refractivity contribution in [2.45, 2.75) is 6.61 Å². The first-order valence-electron chi connectivity index (χ1n) is 9.64. The number of para-hydroxylation sites is 1. The highest BCUT2D eigenvalue weighted by atomic mass is 16.5. The Bertz CT molecular complexity index is 1230. The number of ether oxygens (including phenoxy) is 1. The fourth-order valence-electron chi connectivity index (χ4n) is 3.65. The van der Waals surface area contributed by atoms with Crippen LogP contribution in [0.4, 0.5) is 11.4 Å². The Labute approximate surface area is 173 Å². The lowest BCUT2D eigenvalue weighted by atomic mass is 10.00. The molecule has 5 nitrogen and oxygen atoms in total. The minimum Gasteiger partial charge on any atom is -0.457 e. The Morgan fingerprint density at radius 2 is 1.63 bits per heavy atom. The fourth-order valence-corrected chi connectivity index (χ4v) is 3.65. The summed E-state index contributed by atoms with van der Waals surface area (Å²) in [6.07, 6.45) is 3.87. The van der Waals surface area contributed by atoms with Gasteiger partial charge in [0.25, 0.3) is 5.91 Å². The second-order valence-corrected chi connectivity index (χ2v) is 7.11. The molecule has 0 aliphatic carbocycles. The number of nitrogens with one attached hydrogen (secondary N) is 2. The summed E-state index contributed by atoms with van der Waals surface area (Å²) in [7, 11) is 0. The fraction of sp³-hybridized carbons (Fsp3) is 0.0400. The molecule has 0 saturated carbocycles. The summed E-state index contributed by atoms with van der Waals surface area (Å²) in [4.78, 5) is 24.6. The van der Waals surface area contributed by atoms with Crippen LogP contribution in [0.5, 0.6) is 0 Å². The van der Waals surface area contributed by atoms with Gasteiger partial charge in [0.1, 0.15) is 6.61 Å². The smallest absolute Gasteiger partial charge is 0.338 e.